The van der Waals surface area contributed by atoms with Gasteiger partial charge in [0.2, 0.25) is 5.76 Å². The molecule has 0 aliphatic rings. The smallest absolute Gasteiger partial charge is 0.374 e. The average molecular weight is 397 g/mol. The highest BCUT2D eigenvalue weighted by atomic mass is 32.1. The molecule has 2 aromatic heterocycles. The number of para-hydroxylation sites is 1. The number of nitrogens with one attached hydrogen (secondary N) is 1. The van der Waals surface area contributed by atoms with Crippen molar-refractivity contribution in [1.82, 2.24) is 10.3 Å². The van der Waals surface area contributed by atoms with Crippen molar-refractivity contribution in [3.05, 3.63) is 42.2 Å². The van der Waals surface area contributed by atoms with Crippen LogP contribution in [0, 0.1) is 17.2 Å². The second-order valence-electron chi connectivity index (χ2n) is 6.74. The number of benzene rings is 1. The molecule has 0 fully saturated rings. The number of rotatable bonds is 6. The quantitative estimate of drug-likeness (QED) is 0.635. The summed E-state index contributed by atoms with van der Waals surface area (Å²) in [6.07, 6.45) is 0. The lowest BCUT2D eigenvalue weighted by atomic mass is 9.90. The predicted molar refractivity (Wildman–Crippen MR) is 105 cm³/mol. The minimum atomic E-state index is -1.03. The maximum Gasteiger partial charge on any atom is 0.374 e. The van der Waals surface area contributed by atoms with Crippen LogP contribution in [0.4, 0.5) is 0 Å². The Bertz CT molecular complexity index is 1030. The number of hydrogen-bond donors (Lipinski definition) is 1. The van der Waals surface area contributed by atoms with E-state index in [1.165, 1.54) is 17.4 Å². The Labute approximate surface area is 165 Å². The molecule has 144 valence electrons. The number of furan rings is 1. The van der Waals surface area contributed by atoms with Gasteiger partial charge in [-0.3, -0.25) is 4.79 Å². The van der Waals surface area contributed by atoms with Gasteiger partial charge in [-0.05, 0) is 37.1 Å². The van der Waals surface area contributed by atoms with E-state index in [0.717, 1.165) is 10.2 Å². The summed E-state index contributed by atoms with van der Waals surface area (Å²) >= 11 is 1.45. The molecule has 1 N–H and O–H groups in total. The van der Waals surface area contributed by atoms with Crippen molar-refractivity contribution in [1.29, 1.82) is 5.26 Å². The SMILES string of the molecule is CC(C)[C@](C)(C#N)NC(=O)COC(=O)c1ccc(-c2nc3ccccc3s2)o1. The number of fused-ring (bicyclic) bond motifs is 1. The molecule has 2 heterocycles. The largest absolute Gasteiger partial charge is 0.450 e. The Hall–Kier alpha value is -3.18. The first-order valence-corrected chi connectivity index (χ1v) is 9.49. The van der Waals surface area contributed by atoms with E-state index in [1.54, 1.807) is 13.0 Å². The summed E-state index contributed by atoms with van der Waals surface area (Å²) in [6, 6.07) is 12.9. The highest BCUT2D eigenvalue weighted by molar-refractivity contribution is 7.21. The second kappa shape index (κ2) is 7.82. The molecule has 0 radical (unpaired) electrons. The fourth-order valence-corrected chi connectivity index (χ4v) is 3.30. The van der Waals surface area contributed by atoms with E-state index in [-0.39, 0.29) is 11.7 Å². The summed E-state index contributed by atoms with van der Waals surface area (Å²) in [5.41, 5.74) is -0.181. The van der Waals surface area contributed by atoms with Gasteiger partial charge in [0.1, 0.15) is 5.54 Å². The number of ether oxygens (including phenoxy) is 1. The van der Waals surface area contributed by atoms with Crippen LogP contribution in [0.5, 0.6) is 0 Å². The molecule has 0 bridgehead atoms. The minimum Gasteiger partial charge on any atom is -0.450 e. The van der Waals surface area contributed by atoms with Crippen molar-refractivity contribution >= 4 is 33.4 Å². The third-order valence-corrected chi connectivity index (χ3v) is 5.48. The van der Waals surface area contributed by atoms with E-state index in [1.807, 2.05) is 38.1 Å². The van der Waals surface area contributed by atoms with E-state index in [2.05, 4.69) is 16.4 Å². The number of esters is 1. The molecule has 1 aromatic carbocycles. The van der Waals surface area contributed by atoms with Gasteiger partial charge in [-0.15, -0.1) is 11.3 Å². The van der Waals surface area contributed by atoms with E-state index < -0.39 is 24.0 Å². The zero-order chi connectivity index (χ0) is 20.3. The molecule has 3 rings (SSSR count). The zero-order valence-corrected chi connectivity index (χ0v) is 16.5. The van der Waals surface area contributed by atoms with Crippen molar-refractivity contribution in [2.45, 2.75) is 26.3 Å². The van der Waals surface area contributed by atoms with E-state index >= 15 is 0 Å². The number of amides is 1. The highest BCUT2D eigenvalue weighted by Crippen LogP contribution is 2.31. The number of aromatic nitrogens is 1. The van der Waals surface area contributed by atoms with Crippen LogP contribution in [0.25, 0.3) is 21.0 Å². The number of hydrogen-bond acceptors (Lipinski definition) is 7. The standard InChI is InChI=1S/C20H19N3O4S/c1-12(2)20(3,11-21)23-17(24)10-26-19(25)15-9-8-14(27-15)18-22-13-6-4-5-7-16(13)28-18/h4-9,12H,10H2,1-3H3,(H,23,24)/t20-/m0/s1. The van der Waals surface area contributed by atoms with Crippen molar-refractivity contribution in [2.75, 3.05) is 6.61 Å². The highest BCUT2D eigenvalue weighted by Gasteiger charge is 2.30. The van der Waals surface area contributed by atoms with Crippen molar-refractivity contribution in [3.8, 4) is 16.8 Å². The van der Waals surface area contributed by atoms with Crippen LogP contribution in [0.15, 0.2) is 40.8 Å². The first-order valence-electron chi connectivity index (χ1n) is 8.67. The number of nitriles is 1. The number of nitrogens with zero attached hydrogens (tertiary/aromatic N) is 2. The Morgan fingerprint density at radius 1 is 1.32 bits per heavy atom. The fraction of sp³-hybridized carbons (Fsp3) is 0.300. The first kappa shape index (κ1) is 19.6. The first-order chi connectivity index (χ1) is 13.3. The van der Waals surface area contributed by atoms with Crippen molar-refractivity contribution in [3.63, 3.8) is 0 Å². The van der Waals surface area contributed by atoms with Crippen molar-refractivity contribution in [2.24, 2.45) is 5.92 Å². The van der Waals surface area contributed by atoms with E-state index in [9.17, 15) is 14.9 Å². The van der Waals surface area contributed by atoms with Crippen LogP contribution >= 0.6 is 11.3 Å². The number of carbonyl (C=O) groups excluding carboxylic acids is 2. The van der Waals surface area contributed by atoms with Gasteiger partial charge in [0, 0.05) is 0 Å². The third-order valence-electron chi connectivity index (χ3n) is 4.43. The number of thiazole rings is 1. The monoisotopic (exact) mass is 397 g/mol. The summed E-state index contributed by atoms with van der Waals surface area (Å²) in [5, 5.41) is 12.5. The molecule has 7 nitrogen and oxygen atoms in total. The summed E-state index contributed by atoms with van der Waals surface area (Å²) in [6.45, 7) is 4.76. The summed E-state index contributed by atoms with van der Waals surface area (Å²) in [4.78, 5) is 28.6. The molecule has 8 heteroatoms. The Kier molecular flexibility index (Phi) is 5.47. The molecular weight excluding hydrogens is 378 g/mol. The molecule has 0 aliphatic carbocycles. The molecule has 0 aliphatic heterocycles. The van der Waals surface area contributed by atoms with Gasteiger partial charge in [0.05, 0.1) is 16.3 Å². The van der Waals surface area contributed by atoms with Gasteiger partial charge in [-0.1, -0.05) is 26.0 Å². The molecule has 28 heavy (non-hydrogen) atoms. The van der Waals surface area contributed by atoms with E-state index in [0.29, 0.717) is 10.8 Å². The Morgan fingerprint density at radius 3 is 2.75 bits per heavy atom. The lowest BCUT2D eigenvalue weighted by Gasteiger charge is -2.27. The summed E-state index contributed by atoms with van der Waals surface area (Å²) in [7, 11) is 0. The van der Waals surface area contributed by atoms with Crippen LogP contribution in [0.1, 0.15) is 31.3 Å². The molecule has 1 amide bonds. The van der Waals surface area contributed by atoms with Crippen LogP contribution < -0.4 is 5.32 Å². The van der Waals surface area contributed by atoms with Gasteiger partial charge < -0.3 is 14.5 Å². The summed E-state index contributed by atoms with van der Waals surface area (Å²) < 4.78 is 11.6. The zero-order valence-electron chi connectivity index (χ0n) is 15.7. The van der Waals surface area contributed by atoms with E-state index in [4.69, 9.17) is 9.15 Å². The number of carbonyl (C=O) groups is 2. The Morgan fingerprint density at radius 2 is 2.07 bits per heavy atom. The predicted octanol–water partition coefficient (Wildman–Crippen LogP) is 3.77. The maximum absolute atomic E-state index is 12.2. The van der Waals surface area contributed by atoms with Crippen molar-refractivity contribution < 1.29 is 18.7 Å². The molecule has 0 spiro atoms. The van der Waals surface area contributed by atoms with Crippen LogP contribution in [0.3, 0.4) is 0 Å². The lowest BCUT2D eigenvalue weighted by Crippen LogP contribution is -2.50. The van der Waals surface area contributed by atoms with Crippen LogP contribution in [0.2, 0.25) is 0 Å². The van der Waals surface area contributed by atoms with Gasteiger partial charge in [0.15, 0.2) is 17.4 Å². The van der Waals surface area contributed by atoms with Crippen LogP contribution in [-0.2, 0) is 9.53 Å². The molecule has 0 unspecified atom stereocenters. The normalized spacial score (nSPS) is 13.1. The Balaban J connectivity index is 1.63. The molecule has 3 aromatic rings. The van der Waals surface area contributed by atoms with Crippen LogP contribution in [-0.4, -0.2) is 29.0 Å². The average Bonchev–Trinajstić information content (AvgIpc) is 3.32. The molecule has 1 atom stereocenters. The van der Waals surface area contributed by atoms with Gasteiger partial charge in [-0.25, -0.2) is 9.78 Å². The lowest BCUT2D eigenvalue weighted by molar-refractivity contribution is -0.125. The topological polar surface area (TPSA) is 105 Å². The molecular formula is C20H19N3O4S. The maximum atomic E-state index is 12.2. The third kappa shape index (κ3) is 4.05. The van der Waals surface area contributed by atoms with Gasteiger partial charge in [0.25, 0.3) is 5.91 Å². The fourth-order valence-electron chi connectivity index (χ4n) is 2.37. The minimum absolute atomic E-state index is 0.0195. The summed E-state index contributed by atoms with van der Waals surface area (Å²) in [5.74, 6) is -0.975. The molecule has 0 saturated heterocycles. The van der Waals surface area contributed by atoms with Gasteiger partial charge >= 0.3 is 5.97 Å². The van der Waals surface area contributed by atoms with Gasteiger partial charge in [-0.2, -0.15) is 5.26 Å². The second-order valence-corrected chi connectivity index (χ2v) is 7.77. The molecule has 0 saturated carbocycles.